The number of nitrogens with two attached hydrogens (primary N) is 2. The monoisotopic (exact) mass is 470 g/mol. The Morgan fingerprint density at radius 1 is 1.18 bits per heavy atom. The standard InChI is InChI=1S/C21H26N8O3S/c1-11-16-10-28(33(2,31)32)8-13(16)3-17(11)27-19-15(20(22)30)7-26-29-9-12(4-18(19)29)14-5-24-21(23)25-6-14/h4-7,9,11,13,16-17,27H,3,8,10H2,1-2H3,(H2,22,30)(H2,23,24,25)/t11-,13-,16-,17-/m1/s1. The van der Waals surface area contributed by atoms with Crippen LogP contribution in [-0.4, -0.2) is 63.6 Å². The number of anilines is 2. The maximum absolute atomic E-state index is 12.2. The number of hydrogen-bond donors (Lipinski definition) is 3. The molecule has 1 aliphatic heterocycles. The Kier molecular flexibility index (Phi) is 5.01. The van der Waals surface area contributed by atoms with Crippen molar-refractivity contribution in [3.05, 3.63) is 36.4 Å². The van der Waals surface area contributed by atoms with Crippen molar-refractivity contribution >= 4 is 33.1 Å². The van der Waals surface area contributed by atoms with Crippen LogP contribution in [0.1, 0.15) is 23.7 Å². The quantitative estimate of drug-likeness (QED) is 0.493. The number of nitrogen functional groups attached to an aromatic ring is 1. The van der Waals surface area contributed by atoms with Crippen LogP contribution in [0.3, 0.4) is 0 Å². The molecule has 3 aromatic heterocycles. The summed E-state index contributed by atoms with van der Waals surface area (Å²) in [6.07, 6.45) is 8.63. The molecule has 2 aliphatic rings. The van der Waals surface area contributed by atoms with Gasteiger partial charge in [0, 0.05) is 48.8 Å². The van der Waals surface area contributed by atoms with Crippen molar-refractivity contribution in [2.75, 3.05) is 30.4 Å². The lowest BCUT2D eigenvalue weighted by molar-refractivity contribution is 0.100. The van der Waals surface area contributed by atoms with Gasteiger partial charge < -0.3 is 16.8 Å². The zero-order valence-electron chi connectivity index (χ0n) is 18.3. The first-order valence-corrected chi connectivity index (χ1v) is 12.6. The fourth-order valence-corrected chi connectivity index (χ4v) is 6.13. The van der Waals surface area contributed by atoms with Gasteiger partial charge in [0.05, 0.1) is 29.2 Å². The molecule has 0 spiro atoms. The van der Waals surface area contributed by atoms with E-state index < -0.39 is 15.9 Å². The van der Waals surface area contributed by atoms with E-state index in [-0.39, 0.29) is 29.7 Å². The van der Waals surface area contributed by atoms with Crippen molar-refractivity contribution in [2.45, 2.75) is 19.4 Å². The van der Waals surface area contributed by atoms with Crippen LogP contribution in [0, 0.1) is 17.8 Å². The molecule has 5 N–H and O–H groups in total. The molecular formula is C21H26N8O3S. The second-order valence-corrected chi connectivity index (χ2v) is 11.0. The first-order valence-electron chi connectivity index (χ1n) is 10.7. The molecule has 0 bridgehead atoms. The van der Waals surface area contributed by atoms with Gasteiger partial charge in [-0.2, -0.15) is 5.10 Å². The lowest BCUT2D eigenvalue weighted by Gasteiger charge is -2.25. The summed E-state index contributed by atoms with van der Waals surface area (Å²) in [6.45, 7) is 3.20. The molecule has 0 radical (unpaired) electrons. The molecule has 2 fully saturated rings. The Balaban J connectivity index is 1.48. The summed E-state index contributed by atoms with van der Waals surface area (Å²) >= 11 is 0. The average Bonchev–Trinajstić information content (AvgIpc) is 3.43. The van der Waals surface area contributed by atoms with E-state index in [1.807, 2.05) is 12.3 Å². The van der Waals surface area contributed by atoms with Gasteiger partial charge in [0.1, 0.15) is 0 Å². The highest BCUT2D eigenvalue weighted by Gasteiger charge is 2.48. The Morgan fingerprint density at radius 2 is 1.91 bits per heavy atom. The van der Waals surface area contributed by atoms with E-state index in [0.717, 1.165) is 17.5 Å². The minimum absolute atomic E-state index is 0.0733. The van der Waals surface area contributed by atoms with Gasteiger partial charge in [-0.05, 0) is 30.2 Å². The van der Waals surface area contributed by atoms with E-state index in [4.69, 9.17) is 11.5 Å². The van der Waals surface area contributed by atoms with E-state index in [1.54, 1.807) is 21.2 Å². The fraction of sp³-hybridized carbons (Fsp3) is 0.429. The largest absolute Gasteiger partial charge is 0.380 e. The molecule has 1 saturated carbocycles. The minimum atomic E-state index is -3.20. The average molecular weight is 471 g/mol. The van der Waals surface area contributed by atoms with Crippen LogP contribution in [0.2, 0.25) is 0 Å². The summed E-state index contributed by atoms with van der Waals surface area (Å²) in [5.41, 5.74) is 14.5. The van der Waals surface area contributed by atoms with Crippen LogP contribution in [0.4, 0.5) is 11.6 Å². The number of carbonyl (C=O) groups excluding carboxylic acids is 1. The summed E-state index contributed by atoms with van der Waals surface area (Å²) in [7, 11) is -3.20. The minimum Gasteiger partial charge on any atom is -0.380 e. The van der Waals surface area contributed by atoms with Gasteiger partial charge in [-0.3, -0.25) is 4.79 Å². The van der Waals surface area contributed by atoms with E-state index in [0.29, 0.717) is 29.9 Å². The molecule has 11 nitrogen and oxygen atoms in total. The Hall–Kier alpha value is -3.25. The summed E-state index contributed by atoms with van der Waals surface area (Å²) in [6, 6.07) is 1.98. The maximum atomic E-state index is 12.2. The van der Waals surface area contributed by atoms with Crippen LogP contribution in [0.5, 0.6) is 0 Å². The second-order valence-electron chi connectivity index (χ2n) is 9.04. The van der Waals surface area contributed by atoms with Gasteiger partial charge >= 0.3 is 0 Å². The van der Waals surface area contributed by atoms with Crippen LogP contribution >= 0.6 is 0 Å². The number of nitrogens with one attached hydrogen (secondary N) is 1. The van der Waals surface area contributed by atoms with Crippen molar-refractivity contribution in [1.29, 1.82) is 0 Å². The molecule has 0 unspecified atom stereocenters. The normalized spacial score (nSPS) is 25.4. The van der Waals surface area contributed by atoms with Gasteiger partial charge in [-0.15, -0.1) is 0 Å². The lowest BCUT2D eigenvalue weighted by Crippen LogP contribution is -2.33. The summed E-state index contributed by atoms with van der Waals surface area (Å²) in [5.74, 6) is 0.378. The predicted octanol–water partition coefficient (Wildman–Crippen LogP) is 0.800. The highest BCUT2D eigenvalue weighted by molar-refractivity contribution is 7.88. The fourth-order valence-electron chi connectivity index (χ4n) is 5.23. The number of aromatic nitrogens is 4. The number of fused-ring (bicyclic) bond motifs is 2. The Labute approximate surface area is 191 Å². The highest BCUT2D eigenvalue weighted by Crippen LogP contribution is 2.44. The second kappa shape index (κ2) is 7.66. The number of rotatable bonds is 5. The Morgan fingerprint density at radius 3 is 2.55 bits per heavy atom. The molecule has 174 valence electrons. The van der Waals surface area contributed by atoms with Crippen molar-refractivity contribution < 1.29 is 13.2 Å². The van der Waals surface area contributed by atoms with Crippen molar-refractivity contribution in [3.63, 3.8) is 0 Å². The number of amides is 1. The predicted molar refractivity (Wildman–Crippen MR) is 124 cm³/mol. The van der Waals surface area contributed by atoms with E-state index in [1.165, 1.54) is 12.5 Å². The zero-order chi connectivity index (χ0) is 23.5. The number of primary amides is 1. The molecule has 0 aromatic carbocycles. The van der Waals surface area contributed by atoms with Crippen LogP contribution in [-0.2, 0) is 10.0 Å². The first-order chi connectivity index (χ1) is 15.6. The molecule has 4 heterocycles. The third kappa shape index (κ3) is 3.78. The van der Waals surface area contributed by atoms with E-state index in [9.17, 15) is 13.2 Å². The molecular weight excluding hydrogens is 444 g/mol. The summed E-state index contributed by atoms with van der Waals surface area (Å²) in [4.78, 5) is 20.3. The molecule has 12 heteroatoms. The lowest BCUT2D eigenvalue weighted by atomic mass is 9.93. The molecule has 33 heavy (non-hydrogen) atoms. The molecule has 1 saturated heterocycles. The van der Waals surface area contributed by atoms with Crippen molar-refractivity contribution in [3.8, 4) is 11.1 Å². The van der Waals surface area contributed by atoms with Crippen molar-refractivity contribution in [1.82, 2.24) is 23.9 Å². The zero-order valence-corrected chi connectivity index (χ0v) is 19.2. The smallest absolute Gasteiger partial charge is 0.252 e. The van der Waals surface area contributed by atoms with Gasteiger partial charge in [-0.25, -0.2) is 27.2 Å². The molecule has 1 amide bonds. The summed E-state index contributed by atoms with van der Waals surface area (Å²) < 4.78 is 27.2. The molecule has 3 aromatic rings. The SMILES string of the molecule is C[C@@H]1[C@H]2CN(S(C)(=O)=O)C[C@H]2C[C@H]1Nc1c(C(N)=O)cnn2cc(-c3cnc(N)nc3)cc12. The number of hydrogen-bond acceptors (Lipinski definition) is 8. The molecule has 5 rings (SSSR count). The summed E-state index contributed by atoms with van der Waals surface area (Å²) in [5, 5.41) is 7.91. The first kappa shape index (κ1) is 21.6. The number of carbonyl (C=O) groups is 1. The Bertz CT molecular complexity index is 1340. The van der Waals surface area contributed by atoms with E-state index >= 15 is 0 Å². The van der Waals surface area contributed by atoms with Gasteiger partial charge in [0.15, 0.2) is 0 Å². The maximum Gasteiger partial charge on any atom is 0.252 e. The highest BCUT2D eigenvalue weighted by atomic mass is 32.2. The third-order valence-electron chi connectivity index (χ3n) is 7.03. The van der Waals surface area contributed by atoms with Crippen LogP contribution < -0.4 is 16.8 Å². The topological polar surface area (TPSA) is 162 Å². The molecule has 4 atom stereocenters. The molecule has 1 aliphatic carbocycles. The number of sulfonamides is 1. The van der Waals surface area contributed by atoms with Gasteiger partial charge in [-0.1, -0.05) is 6.92 Å². The van der Waals surface area contributed by atoms with Crippen LogP contribution in [0.15, 0.2) is 30.9 Å². The van der Waals surface area contributed by atoms with Crippen molar-refractivity contribution in [2.24, 2.45) is 23.5 Å². The van der Waals surface area contributed by atoms with Crippen LogP contribution in [0.25, 0.3) is 16.6 Å². The van der Waals surface area contributed by atoms with Gasteiger partial charge in [0.25, 0.3) is 5.91 Å². The van der Waals surface area contributed by atoms with E-state index in [2.05, 4.69) is 27.3 Å². The number of nitrogens with zero attached hydrogens (tertiary/aromatic N) is 5. The van der Waals surface area contributed by atoms with Gasteiger partial charge in [0.2, 0.25) is 16.0 Å². The third-order valence-corrected chi connectivity index (χ3v) is 8.27.